The zero-order chi connectivity index (χ0) is 28.0. The molecule has 13 heteroatoms. The van der Waals surface area contributed by atoms with Crippen LogP contribution in [0.2, 0.25) is 0 Å². The molecule has 1 aliphatic heterocycles. The van der Waals surface area contributed by atoms with E-state index in [1.165, 1.54) is 12.1 Å². The number of aliphatic hydroxyl groups is 3. The Bertz CT molecular complexity index is 1610. The topological polar surface area (TPSA) is 217 Å². The van der Waals surface area contributed by atoms with Crippen molar-refractivity contribution in [2.75, 3.05) is 6.61 Å². The van der Waals surface area contributed by atoms with Crippen LogP contribution in [0.25, 0.3) is 21.9 Å². The molecule has 1 fully saturated rings. The normalized spacial score (nSPS) is 23.1. The average Bonchev–Trinajstić information content (AvgIpc) is 2.91. The average molecular weight is 542 g/mol. The minimum atomic E-state index is -1.89. The minimum absolute atomic E-state index is 0.115. The predicted octanol–water partition coefficient (Wildman–Crippen LogP) is 0.812. The van der Waals surface area contributed by atoms with E-state index in [1.807, 2.05) is 0 Å². The van der Waals surface area contributed by atoms with Crippen LogP contribution in [-0.2, 0) is 9.47 Å². The number of phenolic OH excluding ortho intramolecular Hbond substituents is 4. The van der Waals surface area contributed by atoms with Gasteiger partial charge in [0.1, 0.15) is 28.8 Å². The van der Waals surface area contributed by atoms with Crippen molar-refractivity contribution in [1.29, 1.82) is 0 Å². The highest BCUT2D eigenvalue weighted by Gasteiger charge is 2.48. The second-order valence-electron chi connectivity index (χ2n) is 8.78. The maximum Gasteiger partial charge on any atom is 0.338 e. The summed E-state index contributed by atoms with van der Waals surface area (Å²) < 4.78 is 21.6. The van der Waals surface area contributed by atoms with Gasteiger partial charge in [-0.25, -0.2) is 4.79 Å². The van der Waals surface area contributed by atoms with E-state index in [0.29, 0.717) is 0 Å². The number of phenols is 4. The number of aliphatic hydroxyl groups excluding tert-OH is 3. The van der Waals surface area contributed by atoms with E-state index in [4.69, 9.17) is 18.6 Å². The fourth-order valence-corrected chi connectivity index (χ4v) is 4.27. The Balaban J connectivity index is 1.52. The number of benzene rings is 3. The smallest absolute Gasteiger partial charge is 0.338 e. The number of ether oxygens (including phenoxy) is 3. The van der Waals surface area contributed by atoms with E-state index in [-0.39, 0.29) is 22.1 Å². The molecule has 1 aliphatic rings. The second-order valence-corrected chi connectivity index (χ2v) is 8.78. The number of rotatable bonds is 5. The quantitative estimate of drug-likeness (QED) is 0.106. The third kappa shape index (κ3) is 4.53. The van der Waals surface area contributed by atoms with Gasteiger partial charge in [0.25, 0.3) is 0 Å². The lowest BCUT2D eigenvalue weighted by molar-refractivity contribution is -0.277. The van der Waals surface area contributed by atoms with Gasteiger partial charge in [0.15, 0.2) is 35.2 Å². The van der Waals surface area contributed by atoms with Gasteiger partial charge in [-0.15, -0.1) is 0 Å². The Kier molecular flexibility index (Phi) is 6.66. The molecule has 13 nitrogen and oxygen atoms in total. The van der Waals surface area contributed by atoms with E-state index >= 15 is 0 Å². The van der Waals surface area contributed by atoms with Gasteiger partial charge in [-0.1, -0.05) is 18.2 Å². The molecular formula is C26H22O13. The van der Waals surface area contributed by atoms with Crippen LogP contribution >= 0.6 is 0 Å². The number of aromatic hydroxyl groups is 4. The van der Waals surface area contributed by atoms with Crippen LogP contribution in [0.4, 0.5) is 0 Å². The third-order valence-electron chi connectivity index (χ3n) is 6.28. The molecule has 2 heterocycles. The molecule has 39 heavy (non-hydrogen) atoms. The number of hydrogen-bond donors (Lipinski definition) is 7. The highest BCUT2D eigenvalue weighted by atomic mass is 16.7. The molecule has 0 saturated carbocycles. The van der Waals surface area contributed by atoms with Crippen LogP contribution in [0.3, 0.4) is 0 Å². The van der Waals surface area contributed by atoms with E-state index in [0.717, 1.165) is 18.2 Å². The molecule has 1 aromatic heterocycles. The summed E-state index contributed by atoms with van der Waals surface area (Å²) in [5.74, 6) is -4.50. The summed E-state index contributed by atoms with van der Waals surface area (Å²) in [4.78, 5) is 25.6. The summed E-state index contributed by atoms with van der Waals surface area (Å²) in [5, 5.41) is 71.3. The predicted molar refractivity (Wildman–Crippen MR) is 131 cm³/mol. The zero-order valence-electron chi connectivity index (χ0n) is 19.8. The highest BCUT2D eigenvalue weighted by molar-refractivity contribution is 5.96. The van der Waals surface area contributed by atoms with Crippen molar-refractivity contribution in [3.05, 3.63) is 64.3 Å². The van der Waals surface area contributed by atoms with Crippen LogP contribution in [-0.4, -0.2) is 79.0 Å². The first kappa shape index (κ1) is 26.1. The largest absolute Gasteiger partial charge is 0.504 e. The second kappa shape index (κ2) is 9.96. The van der Waals surface area contributed by atoms with Crippen molar-refractivity contribution in [3.8, 4) is 28.7 Å². The Hall–Kier alpha value is -4.56. The molecule has 5 rings (SSSR count). The van der Waals surface area contributed by atoms with Gasteiger partial charge >= 0.3 is 5.97 Å². The maximum atomic E-state index is 13.1. The van der Waals surface area contributed by atoms with Crippen molar-refractivity contribution in [2.24, 2.45) is 0 Å². The molecule has 7 N–H and O–H groups in total. The highest BCUT2D eigenvalue weighted by Crippen LogP contribution is 2.44. The molecule has 0 unspecified atom stereocenters. The van der Waals surface area contributed by atoms with Gasteiger partial charge in [0.05, 0.1) is 17.6 Å². The number of carbonyl (C=O) groups excluding carboxylic acids is 1. The van der Waals surface area contributed by atoms with Gasteiger partial charge in [-0.05, 0) is 18.2 Å². The fourth-order valence-electron chi connectivity index (χ4n) is 4.27. The lowest BCUT2D eigenvalue weighted by atomic mass is 9.98. The number of fused-ring (bicyclic) bond motifs is 2. The lowest BCUT2D eigenvalue weighted by Gasteiger charge is -2.41. The van der Waals surface area contributed by atoms with Crippen molar-refractivity contribution >= 4 is 27.9 Å². The van der Waals surface area contributed by atoms with Crippen LogP contribution in [0.5, 0.6) is 28.7 Å². The van der Waals surface area contributed by atoms with Gasteiger partial charge in [-0.3, -0.25) is 4.79 Å². The Morgan fingerprint density at radius 2 is 1.56 bits per heavy atom. The first-order valence-corrected chi connectivity index (χ1v) is 11.5. The summed E-state index contributed by atoms with van der Waals surface area (Å²) >= 11 is 0. The van der Waals surface area contributed by atoms with Crippen LogP contribution in [0, 0.1) is 0 Å². The fraction of sp³-hybridized carbons (Fsp3) is 0.231. The van der Waals surface area contributed by atoms with Gasteiger partial charge < -0.3 is 54.4 Å². The summed E-state index contributed by atoms with van der Waals surface area (Å²) in [7, 11) is 0. The van der Waals surface area contributed by atoms with Crippen LogP contribution < -0.4 is 10.2 Å². The monoisotopic (exact) mass is 542 g/mol. The van der Waals surface area contributed by atoms with Crippen molar-refractivity contribution in [2.45, 2.75) is 30.7 Å². The number of hydrogen-bond acceptors (Lipinski definition) is 13. The Morgan fingerprint density at radius 3 is 2.26 bits per heavy atom. The maximum absolute atomic E-state index is 13.1. The van der Waals surface area contributed by atoms with Crippen molar-refractivity contribution < 1.29 is 59.2 Å². The molecule has 5 atom stereocenters. The van der Waals surface area contributed by atoms with E-state index in [2.05, 4.69) is 0 Å². The van der Waals surface area contributed by atoms with Gasteiger partial charge in [-0.2, -0.15) is 0 Å². The summed E-state index contributed by atoms with van der Waals surface area (Å²) in [6.45, 7) is -0.783. The van der Waals surface area contributed by atoms with Crippen LogP contribution in [0.15, 0.2) is 57.7 Å². The summed E-state index contributed by atoms with van der Waals surface area (Å²) in [5.41, 5.74) is -1.19. The van der Waals surface area contributed by atoms with E-state index < -0.39 is 82.8 Å². The molecule has 0 bridgehead atoms. The molecule has 1 saturated heterocycles. The van der Waals surface area contributed by atoms with Crippen LogP contribution in [0.1, 0.15) is 10.4 Å². The molecule has 4 aromatic rings. The lowest BCUT2D eigenvalue weighted by Crippen LogP contribution is -2.61. The van der Waals surface area contributed by atoms with Gasteiger partial charge in [0, 0.05) is 12.1 Å². The zero-order valence-corrected chi connectivity index (χ0v) is 19.8. The van der Waals surface area contributed by atoms with E-state index in [9.17, 15) is 45.3 Å². The Labute approximate surface area is 217 Å². The SMILES string of the molecule is O=C(O[C@@H]1[C@@H](O)[C@H](Oc2c(O)cc3oc4cc(O)c(O)cc4c(=O)c3c2O)O[C@H](CO)[C@H]1O)c1ccccc1. The molecule has 0 spiro atoms. The first-order chi connectivity index (χ1) is 18.6. The molecule has 0 radical (unpaired) electrons. The first-order valence-electron chi connectivity index (χ1n) is 11.5. The number of carbonyl (C=O) groups is 1. The van der Waals surface area contributed by atoms with Crippen molar-refractivity contribution in [3.63, 3.8) is 0 Å². The van der Waals surface area contributed by atoms with Crippen molar-refractivity contribution in [1.82, 2.24) is 0 Å². The molecular weight excluding hydrogens is 520 g/mol. The standard InChI is InChI=1S/C26H22O13/c27-9-17-20(32)24(38-25(35)10-4-2-1-3-5-10)22(34)26(37-17)39-23-14(30)8-16-18(21(23)33)19(31)11-6-12(28)13(29)7-15(11)36-16/h1-8,17,20,22,24,26-30,32-34H,9H2/t17-,20-,22-,24+,26+/m1/s1. The molecule has 0 aliphatic carbocycles. The third-order valence-corrected chi connectivity index (χ3v) is 6.28. The summed E-state index contributed by atoms with van der Waals surface area (Å²) in [6, 6.07) is 10.5. The number of esters is 1. The molecule has 3 aromatic carbocycles. The minimum Gasteiger partial charge on any atom is -0.504 e. The summed E-state index contributed by atoms with van der Waals surface area (Å²) in [6.07, 6.45) is -8.47. The van der Waals surface area contributed by atoms with E-state index in [1.54, 1.807) is 18.2 Å². The Morgan fingerprint density at radius 1 is 0.897 bits per heavy atom. The molecule has 0 amide bonds. The van der Waals surface area contributed by atoms with Gasteiger partial charge in [0.2, 0.25) is 17.5 Å². The molecule has 204 valence electrons.